The molecule has 3 aliphatic rings. The molecule has 2 aliphatic heterocycles. The number of carbonyl (C=O) groups excluding carboxylic acids is 1. The molecule has 1 aromatic heterocycles. The Labute approximate surface area is 156 Å². The van der Waals surface area contributed by atoms with Crippen LogP contribution in [-0.4, -0.2) is 40.2 Å². The number of fused-ring (bicyclic) bond motifs is 3. The SMILES string of the molecule is CC(C)(C)OC(=O)N1C(CNc2nc3ccc(F)cc3s2)CC2CC1C2. The van der Waals surface area contributed by atoms with Gasteiger partial charge in [0.2, 0.25) is 0 Å². The number of nitrogens with zero attached hydrogens (tertiary/aromatic N) is 2. The van der Waals surface area contributed by atoms with Crippen LogP contribution >= 0.6 is 11.3 Å². The lowest BCUT2D eigenvalue weighted by molar-refractivity contribution is -0.0484. The first kappa shape index (κ1) is 17.5. The van der Waals surface area contributed by atoms with Crippen molar-refractivity contribution in [1.82, 2.24) is 9.88 Å². The largest absolute Gasteiger partial charge is 0.444 e. The molecule has 3 heterocycles. The number of nitrogens with one attached hydrogen (secondary N) is 1. The van der Waals surface area contributed by atoms with Crippen LogP contribution in [-0.2, 0) is 4.74 Å². The Bertz CT molecular complexity index is 826. The molecule has 5 nitrogen and oxygen atoms in total. The molecule has 1 amide bonds. The van der Waals surface area contributed by atoms with E-state index in [2.05, 4.69) is 10.3 Å². The normalized spacial score (nSPS) is 25.1. The number of anilines is 1. The highest BCUT2D eigenvalue weighted by atomic mass is 32.1. The molecule has 1 atom stereocenters. The summed E-state index contributed by atoms with van der Waals surface area (Å²) >= 11 is 1.43. The molecular weight excluding hydrogens is 353 g/mol. The van der Waals surface area contributed by atoms with E-state index in [4.69, 9.17) is 4.74 Å². The maximum Gasteiger partial charge on any atom is 0.410 e. The van der Waals surface area contributed by atoms with E-state index >= 15 is 0 Å². The zero-order valence-electron chi connectivity index (χ0n) is 15.3. The van der Waals surface area contributed by atoms with Crippen molar-refractivity contribution in [2.24, 2.45) is 5.92 Å². The molecule has 1 unspecified atom stereocenters. The predicted molar refractivity (Wildman–Crippen MR) is 101 cm³/mol. The highest BCUT2D eigenvalue weighted by Crippen LogP contribution is 2.43. The molecule has 1 N–H and O–H groups in total. The average molecular weight is 377 g/mol. The van der Waals surface area contributed by atoms with Crippen LogP contribution in [0.5, 0.6) is 0 Å². The number of aromatic nitrogens is 1. The van der Waals surface area contributed by atoms with E-state index < -0.39 is 5.60 Å². The lowest BCUT2D eigenvalue weighted by Crippen LogP contribution is -2.61. The van der Waals surface area contributed by atoms with E-state index in [1.54, 1.807) is 6.07 Å². The number of hydrogen-bond donors (Lipinski definition) is 1. The van der Waals surface area contributed by atoms with Crippen LogP contribution in [0.25, 0.3) is 10.2 Å². The van der Waals surface area contributed by atoms with Crippen molar-refractivity contribution in [3.05, 3.63) is 24.0 Å². The smallest absolute Gasteiger partial charge is 0.410 e. The van der Waals surface area contributed by atoms with E-state index in [-0.39, 0.29) is 18.0 Å². The Balaban J connectivity index is 1.45. The van der Waals surface area contributed by atoms with Gasteiger partial charge in [0.25, 0.3) is 0 Å². The Kier molecular flexibility index (Phi) is 4.29. The second-order valence-electron chi connectivity index (χ2n) is 8.28. The summed E-state index contributed by atoms with van der Waals surface area (Å²) in [7, 11) is 0. The summed E-state index contributed by atoms with van der Waals surface area (Å²) in [4.78, 5) is 19.1. The average Bonchev–Trinajstić information content (AvgIpc) is 2.92. The van der Waals surface area contributed by atoms with Crippen LogP contribution in [0, 0.1) is 11.7 Å². The number of hydrogen-bond acceptors (Lipinski definition) is 5. The predicted octanol–water partition coefficient (Wildman–Crippen LogP) is 4.64. The third-order valence-electron chi connectivity index (χ3n) is 5.05. The number of piperidine rings is 2. The summed E-state index contributed by atoms with van der Waals surface area (Å²) in [6.45, 7) is 6.32. The third-order valence-corrected chi connectivity index (χ3v) is 6.02. The Hall–Kier alpha value is -1.89. The van der Waals surface area contributed by atoms with Crippen molar-refractivity contribution >= 4 is 32.8 Å². The summed E-state index contributed by atoms with van der Waals surface area (Å²) in [6.07, 6.45) is 2.92. The minimum absolute atomic E-state index is 0.103. The van der Waals surface area contributed by atoms with Gasteiger partial charge in [0.1, 0.15) is 11.4 Å². The molecule has 0 spiro atoms. The van der Waals surface area contributed by atoms with Crippen LogP contribution in [0.3, 0.4) is 0 Å². The lowest BCUT2D eigenvalue weighted by atomic mass is 9.71. The van der Waals surface area contributed by atoms with Gasteiger partial charge in [0.05, 0.1) is 16.3 Å². The second kappa shape index (κ2) is 6.37. The summed E-state index contributed by atoms with van der Waals surface area (Å²) in [5.74, 6) is 0.450. The summed E-state index contributed by atoms with van der Waals surface area (Å²) < 4.78 is 19.8. The molecule has 7 heteroatoms. The summed E-state index contributed by atoms with van der Waals surface area (Å²) in [5.41, 5.74) is 0.293. The highest BCUT2D eigenvalue weighted by molar-refractivity contribution is 7.22. The van der Waals surface area contributed by atoms with Gasteiger partial charge in [0, 0.05) is 12.6 Å². The second-order valence-corrected chi connectivity index (χ2v) is 9.31. The van der Waals surface area contributed by atoms with Crippen molar-refractivity contribution < 1.29 is 13.9 Å². The van der Waals surface area contributed by atoms with E-state index in [9.17, 15) is 9.18 Å². The van der Waals surface area contributed by atoms with Gasteiger partial charge in [-0.3, -0.25) is 0 Å². The molecule has 1 saturated carbocycles. The van der Waals surface area contributed by atoms with Gasteiger partial charge in [-0.25, -0.2) is 14.2 Å². The van der Waals surface area contributed by atoms with Gasteiger partial charge < -0.3 is 15.0 Å². The van der Waals surface area contributed by atoms with Gasteiger partial charge >= 0.3 is 6.09 Å². The van der Waals surface area contributed by atoms with E-state index in [1.807, 2.05) is 25.7 Å². The fourth-order valence-electron chi connectivity index (χ4n) is 3.89. The van der Waals surface area contributed by atoms with Gasteiger partial charge in [-0.05, 0) is 64.2 Å². The van der Waals surface area contributed by atoms with Crippen molar-refractivity contribution in [3.63, 3.8) is 0 Å². The van der Waals surface area contributed by atoms with Crippen molar-refractivity contribution in [3.8, 4) is 0 Å². The number of halogens is 1. The quantitative estimate of drug-likeness (QED) is 0.847. The molecule has 0 radical (unpaired) electrons. The number of benzene rings is 1. The number of ether oxygens (including phenoxy) is 1. The molecule has 2 saturated heterocycles. The number of amides is 1. The summed E-state index contributed by atoms with van der Waals surface area (Å²) in [5, 5.41) is 4.11. The molecular formula is C19H24FN3O2S. The van der Waals surface area contributed by atoms with Gasteiger partial charge in [-0.15, -0.1) is 0 Å². The minimum atomic E-state index is -0.493. The number of thiazole rings is 1. The molecule has 2 aromatic rings. The maximum atomic E-state index is 13.3. The van der Waals surface area contributed by atoms with E-state index in [0.29, 0.717) is 18.5 Å². The molecule has 1 aliphatic carbocycles. The molecule has 26 heavy (non-hydrogen) atoms. The van der Waals surface area contributed by atoms with E-state index in [0.717, 1.165) is 34.6 Å². The molecule has 3 fully saturated rings. The van der Waals surface area contributed by atoms with Crippen LogP contribution in [0.1, 0.15) is 40.0 Å². The monoisotopic (exact) mass is 377 g/mol. The van der Waals surface area contributed by atoms with Crippen LogP contribution in [0.15, 0.2) is 18.2 Å². The van der Waals surface area contributed by atoms with Gasteiger partial charge in [-0.1, -0.05) is 11.3 Å². The van der Waals surface area contributed by atoms with Crippen LogP contribution < -0.4 is 5.32 Å². The van der Waals surface area contributed by atoms with Crippen molar-refractivity contribution in [2.45, 2.75) is 57.7 Å². The zero-order valence-corrected chi connectivity index (χ0v) is 16.1. The van der Waals surface area contributed by atoms with Crippen LogP contribution in [0.2, 0.25) is 0 Å². The third kappa shape index (κ3) is 3.49. The number of carbonyl (C=O) groups is 1. The maximum absolute atomic E-state index is 13.3. The first-order valence-corrected chi connectivity index (χ1v) is 9.91. The Morgan fingerprint density at radius 3 is 2.88 bits per heavy atom. The highest BCUT2D eigenvalue weighted by Gasteiger charge is 2.47. The fourth-order valence-corrected chi connectivity index (χ4v) is 4.79. The first-order chi connectivity index (χ1) is 12.3. The lowest BCUT2D eigenvalue weighted by Gasteiger charge is -2.53. The Morgan fingerprint density at radius 2 is 2.15 bits per heavy atom. The fraction of sp³-hybridized carbons (Fsp3) is 0.579. The minimum Gasteiger partial charge on any atom is -0.444 e. The van der Waals surface area contributed by atoms with E-state index in [1.165, 1.54) is 23.5 Å². The number of rotatable bonds is 3. The topological polar surface area (TPSA) is 54.5 Å². The zero-order chi connectivity index (χ0) is 18.5. The first-order valence-electron chi connectivity index (χ1n) is 9.10. The molecule has 140 valence electrons. The molecule has 2 bridgehead atoms. The van der Waals surface area contributed by atoms with Crippen LogP contribution in [0.4, 0.5) is 14.3 Å². The summed E-state index contributed by atoms with van der Waals surface area (Å²) in [6, 6.07) is 5.01. The molecule has 5 rings (SSSR count). The van der Waals surface area contributed by atoms with Crippen molar-refractivity contribution in [2.75, 3.05) is 11.9 Å². The Morgan fingerprint density at radius 1 is 1.38 bits per heavy atom. The molecule has 1 aromatic carbocycles. The van der Waals surface area contributed by atoms with Gasteiger partial charge in [-0.2, -0.15) is 0 Å². The standard InChI is InChI=1S/C19H24FN3O2S/c1-19(2,3)25-18(24)23-13-6-11(7-13)8-14(23)10-21-17-22-15-5-4-12(20)9-16(15)26-17/h4-5,9,11,13-14H,6-8,10H2,1-3H3,(H,21,22). The van der Waals surface area contributed by atoms with Crippen molar-refractivity contribution in [1.29, 1.82) is 0 Å². The van der Waals surface area contributed by atoms with Gasteiger partial charge in [0.15, 0.2) is 5.13 Å².